The van der Waals surface area contributed by atoms with Crippen molar-refractivity contribution in [2.75, 3.05) is 19.6 Å². The van der Waals surface area contributed by atoms with Crippen molar-refractivity contribution in [3.63, 3.8) is 0 Å². The van der Waals surface area contributed by atoms with Gasteiger partial charge in [-0.25, -0.2) is 0 Å². The van der Waals surface area contributed by atoms with E-state index in [1.54, 1.807) is 6.92 Å². The van der Waals surface area contributed by atoms with E-state index in [1.165, 1.54) is 0 Å². The maximum Gasteiger partial charge on any atom is 0.219 e. The van der Waals surface area contributed by atoms with Gasteiger partial charge in [-0.2, -0.15) is 0 Å². The van der Waals surface area contributed by atoms with Crippen LogP contribution >= 0.6 is 0 Å². The molecule has 1 rings (SSSR count). The third-order valence-corrected chi connectivity index (χ3v) is 2.68. The van der Waals surface area contributed by atoms with Gasteiger partial charge in [0.2, 0.25) is 5.91 Å². The zero-order chi connectivity index (χ0) is 10.6. The second-order valence-corrected chi connectivity index (χ2v) is 4.60. The molecule has 0 aromatic heterocycles. The summed E-state index contributed by atoms with van der Waals surface area (Å²) in [5.74, 6) is 0.905. The fourth-order valence-electron chi connectivity index (χ4n) is 2.01. The fraction of sp³-hybridized carbons (Fsp3) is 0.909. The van der Waals surface area contributed by atoms with E-state index >= 15 is 0 Å². The smallest absolute Gasteiger partial charge is 0.219 e. The Kier molecular flexibility index (Phi) is 4.39. The fourth-order valence-corrected chi connectivity index (χ4v) is 2.01. The molecule has 1 aliphatic rings. The molecule has 1 aliphatic heterocycles. The van der Waals surface area contributed by atoms with Crippen molar-refractivity contribution in [1.82, 2.24) is 10.2 Å². The van der Waals surface area contributed by atoms with Gasteiger partial charge in [-0.1, -0.05) is 13.8 Å². The van der Waals surface area contributed by atoms with Crippen molar-refractivity contribution in [1.29, 1.82) is 0 Å². The Hall–Kier alpha value is -0.570. The van der Waals surface area contributed by atoms with Gasteiger partial charge in [0.15, 0.2) is 0 Å². The molecule has 0 aromatic rings. The summed E-state index contributed by atoms with van der Waals surface area (Å²) in [5.41, 5.74) is 0. The van der Waals surface area contributed by atoms with Crippen LogP contribution in [-0.4, -0.2) is 36.5 Å². The van der Waals surface area contributed by atoms with E-state index in [4.69, 9.17) is 0 Å². The van der Waals surface area contributed by atoms with E-state index < -0.39 is 0 Å². The van der Waals surface area contributed by atoms with Crippen molar-refractivity contribution >= 4 is 5.91 Å². The lowest BCUT2D eigenvalue weighted by Gasteiger charge is -2.24. The van der Waals surface area contributed by atoms with E-state index in [2.05, 4.69) is 19.2 Å². The van der Waals surface area contributed by atoms with Crippen molar-refractivity contribution in [3.8, 4) is 0 Å². The minimum atomic E-state index is 0.211. The molecule has 1 amide bonds. The molecule has 0 aromatic carbocycles. The quantitative estimate of drug-likeness (QED) is 0.724. The largest absolute Gasteiger partial charge is 0.341 e. The number of hydrogen-bond acceptors (Lipinski definition) is 2. The van der Waals surface area contributed by atoms with Gasteiger partial charge in [-0.15, -0.1) is 0 Å². The molecular formula is C11H22N2O. The molecular weight excluding hydrogens is 176 g/mol. The van der Waals surface area contributed by atoms with E-state index in [1.807, 2.05) is 4.90 Å². The van der Waals surface area contributed by atoms with Crippen LogP contribution in [0.2, 0.25) is 0 Å². The molecule has 1 atom stereocenters. The number of carbonyl (C=O) groups is 1. The van der Waals surface area contributed by atoms with Crippen LogP contribution in [0.25, 0.3) is 0 Å². The lowest BCUT2D eigenvalue weighted by atomic mass is 10.0. The molecule has 1 heterocycles. The average Bonchev–Trinajstić information content (AvgIpc) is 2.28. The Morgan fingerprint density at radius 3 is 2.86 bits per heavy atom. The van der Waals surface area contributed by atoms with Crippen LogP contribution in [0, 0.1) is 5.92 Å². The third kappa shape index (κ3) is 3.66. The summed E-state index contributed by atoms with van der Waals surface area (Å²) in [6, 6.07) is 0.487. The second-order valence-electron chi connectivity index (χ2n) is 4.60. The van der Waals surface area contributed by atoms with Gasteiger partial charge in [-0.3, -0.25) is 4.79 Å². The summed E-state index contributed by atoms with van der Waals surface area (Å²) in [5, 5.41) is 3.50. The zero-order valence-electron chi connectivity index (χ0n) is 9.55. The van der Waals surface area contributed by atoms with Gasteiger partial charge in [-0.05, 0) is 25.3 Å². The van der Waals surface area contributed by atoms with Crippen molar-refractivity contribution in [2.45, 2.75) is 39.7 Å². The van der Waals surface area contributed by atoms with Crippen molar-refractivity contribution in [3.05, 3.63) is 0 Å². The first-order chi connectivity index (χ1) is 6.59. The summed E-state index contributed by atoms with van der Waals surface area (Å²) in [6.45, 7) is 8.96. The van der Waals surface area contributed by atoms with Gasteiger partial charge in [0.05, 0.1) is 0 Å². The molecule has 1 unspecified atom stereocenters. The Labute approximate surface area is 86.9 Å². The van der Waals surface area contributed by atoms with Crippen LogP contribution in [-0.2, 0) is 4.79 Å². The first-order valence-electron chi connectivity index (χ1n) is 5.58. The van der Waals surface area contributed by atoms with Gasteiger partial charge in [0, 0.05) is 26.1 Å². The highest BCUT2D eigenvalue weighted by Gasteiger charge is 2.19. The van der Waals surface area contributed by atoms with E-state index in [0.29, 0.717) is 12.0 Å². The lowest BCUT2D eigenvalue weighted by molar-refractivity contribution is -0.129. The van der Waals surface area contributed by atoms with Crippen LogP contribution in [0.1, 0.15) is 33.6 Å². The van der Waals surface area contributed by atoms with Crippen LogP contribution in [0.4, 0.5) is 0 Å². The van der Waals surface area contributed by atoms with Crippen molar-refractivity contribution in [2.24, 2.45) is 5.92 Å². The highest BCUT2D eigenvalue weighted by atomic mass is 16.2. The van der Waals surface area contributed by atoms with Crippen LogP contribution in [0.15, 0.2) is 0 Å². The summed E-state index contributed by atoms with van der Waals surface area (Å²) >= 11 is 0. The highest BCUT2D eigenvalue weighted by molar-refractivity contribution is 5.73. The molecule has 0 bridgehead atoms. The maximum absolute atomic E-state index is 11.3. The van der Waals surface area contributed by atoms with Crippen LogP contribution in [0.3, 0.4) is 0 Å². The molecule has 1 saturated heterocycles. The summed E-state index contributed by atoms with van der Waals surface area (Å²) in [7, 11) is 0. The Bertz CT molecular complexity index is 192. The maximum atomic E-state index is 11.3. The zero-order valence-corrected chi connectivity index (χ0v) is 9.55. The summed E-state index contributed by atoms with van der Waals surface area (Å²) < 4.78 is 0. The Morgan fingerprint density at radius 2 is 2.29 bits per heavy atom. The third-order valence-electron chi connectivity index (χ3n) is 2.68. The van der Waals surface area contributed by atoms with Gasteiger partial charge < -0.3 is 10.2 Å². The molecule has 3 heteroatoms. The summed E-state index contributed by atoms with van der Waals surface area (Å²) in [6.07, 6.45) is 2.23. The minimum absolute atomic E-state index is 0.211. The minimum Gasteiger partial charge on any atom is -0.341 e. The SMILES string of the molecule is CC(=O)N1CCCNC(CC(C)C)C1. The Balaban J connectivity index is 2.47. The van der Waals surface area contributed by atoms with Gasteiger partial charge >= 0.3 is 0 Å². The number of carbonyl (C=O) groups excluding carboxylic acids is 1. The molecule has 1 fully saturated rings. The van der Waals surface area contributed by atoms with Gasteiger partial charge in [0.1, 0.15) is 0 Å². The number of nitrogens with zero attached hydrogens (tertiary/aromatic N) is 1. The lowest BCUT2D eigenvalue weighted by Crippen LogP contribution is -2.40. The first kappa shape index (κ1) is 11.5. The highest BCUT2D eigenvalue weighted by Crippen LogP contribution is 2.09. The average molecular weight is 198 g/mol. The monoisotopic (exact) mass is 198 g/mol. The predicted octanol–water partition coefficient (Wildman–Crippen LogP) is 1.24. The van der Waals surface area contributed by atoms with Gasteiger partial charge in [0.25, 0.3) is 0 Å². The Morgan fingerprint density at radius 1 is 1.57 bits per heavy atom. The first-order valence-corrected chi connectivity index (χ1v) is 5.58. The summed E-state index contributed by atoms with van der Waals surface area (Å²) in [4.78, 5) is 13.2. The number of amides is 1. The molecule has 0 spiro atoms. The number of hydrogen-bond donors (Lipinski definition) is 1. The standard InChI is InChI=1S/C11H22N2O/c1-9(2)7-11-8-13(10(3)14)6-4-5-12-11/h9,11-12H,4-8H2,1-3H3. The van der Waals surface area contributed by atoms with Crippen molar-refractivity contribution < 1.29 is 4.79 Å². The normalized spacial score (nSPS) is 23.7. The number of rotatable bonds is 2. The molecule has 0 saturated carbocycles. The molecule has 14 heavy (non-hydrogen) atoms. The number of nitrogens with one attached hydrogen (secondary N) is 1. The van der Waals surface area contributed by atoms with Crippen LogP contribution < -0.4 is 5.32 Å². The molecule has 0 aliphatic carbocycles. The topological polar surface area (TPSA) is 32.3 Å². The predicted molar refractivity (Wildman–Crippen MR) is 58.1 cm³/mol. The molecule has 82 valence electrons. The van der Waals surface area contributed by atoms with E-state index in [-0.39, 0.29) is 5.91 Å². The van der Waals surface area contributed by atoms with E-state index in [9.17, 15) is 4.79 Å². The molecule has 0 radical (unpaired) electrons. The van der Waals surface area contributed by atoms with Crippen LogP contribution in [0.5, 0.6) is 0 Å². The molecule has 3 nitrogen and oxygen atoms in total. The van der Waals surface area contributed by atoms with E-state index in [0.717, 1.165) is 32.5 Å². The molecule has 1 N–H and O–H groups in total. The second kappa shape index (κ2) is 5.35.